The van der Waals surface area contributed by atoms with Crippen molar-refractivity contribution in [3.8, 4) is 24.3 Å². The molecule has 1 aliphatic rings. The van der Waals surface area contributed by atoms with Gasteiger partial charge in [-0.3, -0.25) is 0 Å². The van der Waals surface area contributed by atoms with Gasteiger partial charge in [-0.15, -0.1) is 0 Å². The van der Waals surface area contributed by atoms with E-state index in [1.165, 1.54) is 6.92 Å². The van der Waals surface area contributed by atoms with E-state index >= 15 is 0 Å². The highest BCUT2D eigenvalue weighted by Crippen LogP contribution is 2.61. The minimum atomic E-state index is -2.65. The first kappa shape index (κ1) is 21.6. The molecule has 0 spiro atoms. The fraction of sp³-hybridized carbons (Fsp3) is 0.529. The quantitative estimate of drug-likeness (QED) is 0.495. The van der Waals surface area contributed by atoms with Crippen LogP contribution in [0.25, 0.3) is 0 Å². The second kappa shape index (κ2) is 7.43. The molecule has 10 heteroatoms. The molecule has 27 heavy (non-hydrogen) atoms. The number of carbonyl (C=O) groups is 2. The third-order valence-corrected chi connectivity index (χ3v) is 4.82. The Morgan fingerprint density at radius 2 is 1.30 bits per heavy atom. The Morgan fingerprint density at radius 3 is 1.59 bits per heavy atom. The van der Waals surface area contributed by atoms with E-state index in [-0.39, 0.29) is 0 Å². The van der Waals surface area contributed by atoms with Crippen molar-refractivity contribution in [3.05, 3.63) is 11.1 Å². The lowest BCUT2D eigenvalue weighted by Crippen LogP contribution is -2.66. The summed E-state index contributed by atoms with van der Waals surface area (Å²) in [6.07, 6.45) is 0. The average Bonchev–Trinajstić information content (AvgIpc) is 2.71. The number of nitrogens with zero attached hydrogens (tertiary/aromatic N) is 4. The summed E-state index contributed by atoms with van der Waals surface area (Å²) < 4.78 is 19.9. The topological polar surface area (TPSA) is 166 Å². The zero-order valence-corrected chi connectivity index (χ0v) is 15.3. The van der Waals surface area contributed by atoms with Gasteiger partial charge in [0.2, 0.25) is 11.2 Å². The van der Waals surface area contributed by atoms with Gasteiger partial charge in [0.05, 0.1) is 44.1 Å². The molecular formula is C17H16N4O6. The van der Waals surface area contributed by atoms with Gasteiger partial charge in [-0.25, -0.2) is 9.59 Å². The van der Waals surface area contributed by atoms with E-state index in [2.05, 4.69) is 4.74 Å². The highest BCUT2D eigenvalue weighted by molar-refractivity contribution is 6.03. The van der Waals surface area contributed by atoms with Crippen LogP contribution in [0.1, 0.15) is 6.92 Å². The fourth-order valence-electron chi connectivity index (χ4n) is 3.45. The fourth-order valence-corrected chi connectivity index (χ4v) is 3.45. The molecule has 1 atom stereocenters. The Bertz CT molecular complexity index is 832. The first-order chi connectivity index (χ1) is 12.7. The third kappa shape index (κ3) is 2.29. The predicted molar refractivity (Wildman–Crippen MR) is 84.3 cm³/mol. The summed E-state index contributed by atoms with van der Waals surface area (Å²) in [7, 11) is 4.03. The van der Waals surface area contributed by atoms with Crippen molar-refractivity contribution in [2.75, 3.05) is 28.4 Å². The van der Waals surface area contributed by atoms with Crippen LogP contribution >= 0.6 is 0 Å². The minimum Gasteiger partial charge on any atom is -0.466 e. The lowest BCUT2D eigenvalue weighted by molar-refractivity contribution is -0.246. The Balaban J connectivity index is 4.42. The summed E-state index contributed by atoms with van der Waals surface area (Å²) >= 11 is 0. The van der Waals surface area contributed by atoms with Gasteiger partial charge in [0.15, 0.2) is 5.41 Å². The number of carbonyl (C=O) groups excluding carboxylic acids is 2. The zero-order chi connectivity index (χ0) is 21.0. The van der Waals surface area contributed by atoms with Gasteiger partial charge in [-0.2, -0.15) is 21.0 Å². The minimum absolute atomic E-state index is 0.461. The van der Waals surface area contributed by atoms with Crippen LogP contribution in [0.3, 0.4) is 0 Å². The van der Waals surface area contributed by atoms with Crippen molar-refractivity contribution in [1.82, 2.24) is 0 Å². The smallest absolute Gasteiger partial charge is 0.339 e. The van der Waals surface area contributed by atoms with Crippen LogP contribution in [-0.2, 0) is 28.5 Å². The predicted octanol–water partition coefficient (Wildman–Crippen LogP) is 0.335. The molecule has 0 amide bonds. The molecule has 0 aromatic heterocycles. The molecule has 0 heterocycles. The number of methoxy groups -OCH3 is 4. The van der Waals surface area contributed by atoms with Gasteiger partial charge in [-0.05, 0) is 0 Å². The second-order valence-electron chi connectivity index (χ2n) is 5.52. The number of nitriles is 4. The highest BCUT2D eigenvalue weighted by Gasteiger charge is 2.77. The van der Waals surface area contributed by atoms with Gasteiger partial charge in [-0.1, -0.05) is 6.92 Å². The van der Waals surface area contributed by atoms with E-state index in [1.807, 2.05) is 0 Å². The van der Waals surface area contributed by atoms with Gasteiger partial charge in [0.1, 0.15) is 5.57 Å². The summed E-state index contributed by atoms with van der Waals surface area (Å²) in [5, 5.41) is 39.4. The van der Waals surface area contributed by atoms with Crippen molar-refractivity contribution < 1.29 is 28.5 Å². The Kier molecular flexibility index (Phi) is 5.95. The maximum Gasteiger partial charge on any atom is 0.339 e. The molecular weight excluding hydrogens is 356 g/mol. The molecule has 140 valence electrons. The van der Waals surface area contributed by atoms with Gasteiger partial charge in [0, 0.05) is 20.1 Å². The van der Waals surface area contributed by atoms with Crippen molar-refractivity contribution in [3.63, 3.8) is 0 Å². The van der Waals surface area contributed by atoms with Crippen molar-refractivity contribution in [1.29, 1.82) is 21.0 Å². The first-order valence-electron chi connectivity index (χ1n) is 7.41. The number of esters is 2. The molecule has 1 unspecified atom stereocenters. The van der Waals surface area contributed by atoms with Crippen molar-refractivity contribution in [2.24, 2.45) is 16.7 Å². The summed E-state index contributed by atoms with van der Waals surface area (Å²) in [6, 6.07) is 6.56. The molecule has 0 N–H and O–H groups in total. The van der Waals surface area contributed by atoms with Gasteiger partial charge < -0.3 is 18.9 Å². The van der Waals surface area contributed by atoms with Crippen LogP contribution in [0.15, 0.2) is 11.1 Å². The molecule has 0 bridgehead atoms. The number of ether oxygens (including phenoxy) is 4. The van der Waals surface area contributed by atoms with E-state index in [4.69, 9.17) is 14.2 Å². The first-order valence-corrected chi connectivity index (χ1v) is 7.41. The van der Waals surface area contributed by atoms with Crippen molar-refractivity contribution >= 4 is 11.9 Å². The largest absolute Gasteiger partial charge is 0.466 e. The van der Waals surface area contributed by atoms with Crippen molar-refractivity contribution in [2.45, 2.75) is 12.7 Å². The molecule has 0 fully saturated rings. The van der Waals surface area contributed by atoms with E-state index in [1.54, 1.807) is 24.3 Å². The van der Waals surface area contributed by atoms with Gasteiger partial charge in [0.25, 0.3) is 0 Å². The standard InChI is InChI=1S/C17H16N4O6/c1-10-11(13(22)24-2)12(14(23)25-3)17(26-4,27-5)16(8-20,9-21)15(10,6-18)7-19/h10H,1-5H3. The molecule has 0 aromatic rings. The lowest BCUT2D eigenvalue weighted by Gasteiger charge is -2.51. The normalized spacial score (nSPS) is 21.6. The van der Waals surface area contributed by atoms with Gasteiger partial charge >= 0.3 is 11.9 Å². The maximum absolute atomic E-state index is 12.6. The maximum atomic E-state index is 12.6. The molecule has 1 aliphatic carbocycles. The molecule has 0 saturated carbocycles. The second-order valence-corrected chi connectivity index (χ2v) is 5.52. The number of rotatable bonds is 4. The Hall–Kier alpha value is -3.44. The highest BCUT2D eigenvalue weighted by atomic mass is 16.7. The molecule has 0 aromatic carbocycles. The van der Waals surface area contributed by atoms with Crippen LogP contribution in [0.2, 0.25) is 0 Å². The SMILES string of the molecule is COC(=O)C1=C(C(=O)OC)C(OC)(OC)C(C#N)(C#N)C(C#N)(C#N)C1C. The molecule has 0 saturated heterocycles. The van der Waals surface area contributed by atoms with Crippen LogP contribution in [0.4, 0.5) is 0 Å². The van der Waals surface area contributed by atoms with E-state index < -0.39 is 45.6 Å². The number of hydrogen-bond acceptors (Lipinski definition) is 10. The Morgan fingerprint density at radius 1 is 0.852 bits per heavy atom. The van der Waals surface area contributed by atoms with Crippen LogP contribution in [-0.4, -0.2) is 46.2 Å². The third-order valence-electron chi connectivity index (χ3n) is 4.82. The Labute approximate surface area is 155 Å². The number of hydrogen-bond donors (Lipinski definition) is 0. The monoisotopic (exact) mass is 372 g/mol. The molecule has 10 nitrogen and oxygen atoms in total. The average molecular weight is 372 g/mol. The van der Waals surface area contributed by atoms with E-state index in [9.17, 15) is 30.6 Å². The molecule has 1 rings (SSSR count). The van der Waals surface area contributed by atoms with Crippen LogP contribution in [0.5, 0.6) is 0 Å². The zero-order valence-electron chi connectivity index (χ0n) is 15.3. The van der Waals surface area contributed by atoms with E-state index in [0.29, 0.717) is 0 Å². The van der Waals surface area contributed by atoms with Crippen LogP contribution < -0.4 is 0 Å². The summed E-state index contributed by atoms with van der Waals surface area (Å²) in [5.74, 6) is -6.19. The summed E-state index contributed by atoms with van der Waals surface area (Å²) in [6.45, 7) is 1.25. The molecule has 0 aliphatic heterocycles. The van der Waals surface area contributed by atoms with Crippen LogP contribution in [0, 0.1) is 62.1 Å². The molecule has 0 radical (unpaired) electrons. The summed E-state index contributed by atoms with van der Waals surface area (Å²) in [4.78, 5) is 25.0. The lowest BCUT2D eigenvalue weighted by atomic mass is 9.49. The van der Waals surface area contributed by atoms with E-state index in [0.717, 1.165) is 28.4 Å². The summed E-state index contributed by atoms with van der Waals surface area (Å²) in [5.41, 5.74) is -6.17.